The van der Waals surface area contributed by atoms with Crippen LogP contribution in [-0.2, 0) is 6.54 Å². The molecule has 0 spiro atoms. The monoisotopic (exact) mass is 349 g/mol. The number of carbonyl (C=O) groups is 1. The number of nitro benzene ring substituents is 1. The molecule has 1 aromatic heterocycles. The number of rotatable bonds is 6. The number of nitro groups is 1. The van der Waals surface area contributed by atoms with Crippen molar-refractivity contribution in [1.29, 1.82) is 0 Å². The van der Waals surface area contributed by atoms with Crippen LogP contribution in [0.4, 0.5) is 5.69 Å². The molecule has 0 aliphatic carbocycles. The Balaban J connectivity index is 1.56. The average molecular weight is 349 g/mol. The minimum atomic E-state index is -0.521. The van der Waals surface area contributed by atoms with Gasteiger partial charge in [0.1, 0.15) is 0 Å². The van der Waals surface area contributed by atoms with Gasteiger partial charge in [0, 0.05) is 29.5 Å². The van der Waals surface area contributed by atoms with Gasteiger partial charge >= 0.3 is 0 Å². The summed E-state index contributed by atoms with van der Waals surface area (Å²) in [7, 11) is 0. The fourth-order valence-corrected chi connectivity index (χ4v) is 2.27. The molecule has 1 N–H and O–H groups in total. The zero-order valence-electron chi connectivity index (χ0n) is 13.6. The van der Waals surface area contributed by atoms with Crippen LogP contribution in [0.25, 0.3) is 0 Å². The lowest BCUT2D eigenvalue weighted by Gasteiger charge is -2.00. The number of hydrazone groups is 1. The van der Waals surface area contributed by atoms with E-state index < -0.39 is 10.8 Å². The first kappa shape index (κ1) is 17.0. The normalized spacial score (nSPS) is 10.8. The second kappa shape index (κ2) is 7.84. The Morgan fingerprint density at radius 2 is 1.92 bits per heavy atom. The van der Waals surface area contributed by atoms with Gasteiger partial charge in [0.25, 0.3) is 11.6 Å². The molecule has 8 nitrogen and oxygen atoms in total. The third-order valence-electron chi connectivity index (χ3n) is 3.56. The van der Waals surface area contributed by atoms with Crippen LogP contribution in [0.1, 0.15) is 21.5 Å². The highest BCUT2D eigenvalue weighted by atomic mass is 16.6. The molecule has 0 atom stereocenters. The zero-order chi connectivity index (χ0) is 18.4. The first-order valence-corrected chi connectivity index (χ1v) is 7.76. The van der Waals surface area contributed by atoms with Crippen LogP contribution in [0.15, 0.2) is 72.1 Å². The van der Waals surface area contributed by atoms with Crippen LogP contribution >= 0.6 is 0 Å². The summed E-state index contributed by atoms with van der Waals surface area (Å²) < 4.78 is 1.77. The van der Waals surface area contributed by atoms with Crippen molar-refractivity contribution >= 4 is 17.8 Å². The molecule has 130 valence electrons. The standard InChI is InChI=1S/C18H15N5O3/c24-18(16-6-8-17(9-7-16)23(25)26)21-19-10-15-11-20-22(13-15)12-14-4-2-1-3-5-14/h1-11,13H,12H2,(H,21,24)/b19-10-. The van der Waals surface area contributed by atoms with Crippen LogP contribution in [0.2, 0.25) is 0 Å². The van der Waals surface area contributed by atoms with E-state index in [1.165, 1.54) is 30.5 Å². The smallest absolute Gasteiger partial charge is 0.268 e. The Bertz CT molecular complexity index is 933. The first-order chi connectivity index (χ1) is 12.6. The molecule has 0 saturated heterocycles. The number of nitrogens with one attached hydrogen (secondary N) is 1. The summed E-state index contributed by atoms with van der Waals surface area (Å²) in [6, 6.07) is 15.2. The summed E-state index contributed by atoms with van der Waals surface area (Å²) in [5, 5.41) is 18.7. The van der Waals surface area contributed by atoms with Crippen molar-refractivity contribution in [2.75, 3.05) is 0 Å². The lowest BCUT2D eigenvalue weighted by atomic mass is 10.2. The summed E-state index contributed by atoms with van der Waals surface area (Å²) in [4.78, 5) is 22.0. The molecular formula is C18H15N5O3. The Kier molecular flexibility index (Phi) is 5.14. The van der Waals surface area contributed by atoms with Gasteiger partial charge < -0.3 is 0 Å². The van der Waals surface area contributed by atoms with Crippen LogP contribution in [0.3, 0.4) is 0 Å². The molecule has 26 heavy (non-hydrogen) atoms. The molecule has 0 aliphatic rings. The van der Waals surface area contributed by atoms with Gasteiger partial charge in [-0.25, -0.2) is 5.43 Å². The van der Waals surface area contributed by atoms with Crippen molar-refractivity contribution in [3.8, 4) is 0 Å². The average Bonchev–Trinajstić information content (AvgIpc) is 3.09. The molecule has 3 aromatic rings. The zero-order valence-corrected chi connectivity index (χ0v) is 13.6. The number of carbonyl (C=O) groups excluding carboxylic acids is 1. The Hall–Kier alpha value is -3.81. The van der Waals surface area contributed by atoms with Crippen LogP contribution in [0.5, 0.6) is 0 Å². The van der Waals surface area contributed by atoms with Gasteiger partial charge in [-0.05, 0) is 17.7 Å². The lowest BCUT2D eigenvalue weighted by Crippen LogP contribution is -2.17. The molecule has 3 rings (SSSR count). The molecular weight excluding hydrogens is 334 g/mol. The maximum atomic E-state index is 11.9. The van der Waals surface area contributed by atoms with Gasteiger partial charge in [-0.2, -0.15) is 10.2 Å². The van der Waals surface area contributed by atoms with Crippen molar-refractivity contribution in [2.24, 2.45) is 5.10 Å². The highest BCUT2D eigenvalue weighted by molar-refractivity contribution is 5.95. The molecule has 1 amide bonds. The molecule has 0 fully saturated rings. The van der Waals surface area contributed by atoms with E-state index in [2.05, 4.69) is 15.6 Å². The quantitative estimate of drug-likeness (QED) is 0.420. The SMILES string of the molecule is O=C(N/N=C\c1cnn(Cc2ccccc2)c1)c1ccc([N+](=O)[O-])cc1. The van der Waals surface area contributed by atoms with Crippen molar-refractivity contribution in [3.63, 3.8) is 0 Å². The highest BCUT2D eigenvalue weighted by Gasteiger charge is 2.08. The number of hydrogen-bond donors (Lipinski definition) is 1. The first-order valence-electron chi connectivity index (χ1n) is 7.76. The minimum absolute atomic E-state index is 0.0733. The van der Waals surface area contributed by atoms with Crippen molar-refractivity contribution in [3.05, 3.63) is 93.8 Å². The van der Waals surface area contributed by atoms with Gasteiger partial charge in [-0.1, -0.05) is 30.3 Å². The van der Waals surface area contributed by atoms with Gasteiger partial charge in [-0.3, -0.25) is 19.6 Å². The summed E-state index contributed by atoms with van der Waals surface area (Å²) in [5.41, 5.74) is 4.46. The van der Waals surface area contributed by atoms with Gasteiger partial charge in [0.15, 0.2) is 0 Å². The summed E-state index contributed by atoms with van der Waals surface area (Å²) in [6.07, 6.45) is 4.94. The molecule has 0 aliphatic heterocycles. The predicted octanol–water partition coefficient (Wildman–Crippen LogP) is 2.60. The van der Waals surface area contributed by atoms with E-state index in [4.69, 9.17) is 0 Å². The van der Waals surface area contributed by atoms with E-state index in [-0.39, 0.29) is 11.3 Å². The summed E-state index contributed by atoms with van der Waals surface area (Å²) >= 11 is 0. The molecule has 1 heterocycles. The predicted molar refractivity (Wildman–Crippen MR) is 95.9 cm³/mol. The van der Waals surface area contributed by atoms with E-state index in [9.17, 15) is 14.9 Å². The van der Waals surface area contributed by atoms with Crippen LogP contribution in [0, 0.1) is 10.1 Å². The Morgan fingerprint density at radius 3 is 2.62 bits per heavy atom. The maximum absolute atomic E-state index is 11.9. The van der Waals surface area contributed by atoms with E-state index in [0.717, 1.165) is 11.1 Å². The number of nitrogens with zero attached hydrogens (tertiary/aromatic N) is 4. The van der Waals surface area contributed by atoms with Crippen molar-refractivity contribution in [1.82, 2.24) is 15.2 Å². The summed E-state index contributed by atoms with van der Waals surface area (Å²) in [5.74, 6) is -0.451. The van der Waals surface area contributed by atoms with E-state index in [1.54, 1.807) is 10.9 Å². The van der Waals surface area contributed by atoms with Crippen LogP contribution < -0.4 is 5.43 Å². The van der Waals surface area contributed by atoms with Gasteiger partial charge in [-0.15, -0.1) is 0 Å². The second-order valence-corrected chi connectivity index (χ2v) is 5.46. The maximum Gasteiger partial charge on any atom is 0.271 e. The fourth-order valence-electron chi connectivity index (χ4n) is 2.27. The van der Waals surface area contributed by atoms with Crippen molar-refractivity contribution < 1.29 is 9.72 Å². The fraction of sp³-hybridized carbons (Fsp3) is 0.0556. The highest BCUT2D eigenvalue weighted by Crippen LogP contribution is 2.11. The molecule has 0 saturated carbocycles. The third-order valence-corrected chi connectivity index (χ3v) is 3.56. The lowest BCUT2D eigenvalue weighted by molar-refractivity contribution is -0.384. The topological polar surface area (TPSA) is 102 Å². The Labute approximate surface area is 148 Å². The van der Waals surface area contributed by atoms with Crippen molar-refractivity contribution in [2.45, 2.75) is 6.54 Å². The molecule has 0 radical (unpaired) electrons. The number of benzene rings is 2. The van der Waals surface area contributed by atoms with E-state index in [0.29, 0.717) is 6.54 Å². The molecule has 0 unspecified atom stereocenters. The third kappa shape index (κ3) is 4.38. The van der Waals surface area contributed by atoms with E-state index in [1.807, 2.05) is 36.5 Å². The molecule has 0 bridgehead atoms. The molecule has 8 heteroatoms. The van der Waals surface area contributed by atoms with Gasteiger partial charge in [0.2, 0.25) is 0 Å². The number of aromatic nitrogens is 2. The minimum Gasteiger partial charge on any atom is -0.268 e. The number of amides is 1. The number of hydrogen-bond acceptors (Lipinski definition) is 5. The molecule has 2 aromatic carbocycles. The second-order valence-electron chi connectivity index (χ2n) is 5.46. The largest absolute Gasteiger partial charge is 0.271 e. The van der Waals surface area contributed by atoms with Crippen LogP contribution in [-0.4, -0.2) is 26.8 Å². The number of non-ortho nitro benzene ring substituents is 1. The van der Waals surface area contributed by atoms with E-state index >= 15 is 0 Å². The van der Waals surface area contributed by atoms with Gasteiger partial charge in [0.05, 0.1) is 23.9 Å². The summed E-state index contributed by atoms with van der Waals surface area (Å²) in [6.45, 7) is 0.643. The Morgan fingerprint density at radius 1 is 1.19 bits per heavy atom.